The van der Waals surface area contributed by atoms with Gasteiger partial charge in [0.25, 0.3) is 0 Å². The van der Waals surface area contributed by atoms with Gasteiger partial charge < -0.3 is 15.0 Å². The van der Waals surface area contributed by atoms with E-state index in [0.29, 0.717) is 18.2 Å². The van der Waals surface area contributed by atoms with Crippen LogP contribution < -0.4 is 5.32 Å². The number of nitrogens with one attached hydrogen (secondary N) is 1. The summed E-state index contributed by atoms with van der Waals surface area (Å²) in [5.41, 5.74) is 2.47. The first kappa shape index (κ1) is 15.6. The SMILES string of the molecule is COC(=O)c1cccc2c1c(CN[C@H]1CN3CCC1CC3)nn2C. The Balaban J connectivity index is 1.61. The number of benzene rings is 1. The summed E-state index contributed by atoms with van der Waals surface area (Å²) in [5.74, 6) is 0.461. The molecular formula is C18H24N4O2. The fourth-order valence-electron chi connectivity index (χ4n) is 4.23. The molecule has 24 heavy (non-hydrogen) atoms. The van der Waals surface area contributed by atoms with Gasteiger partial charge in [-0.05, 0) is 44.0 Å². The highest BCUT2D eigenvalue weighted by Gasteiger charge is 2.33. The molecule has 5 rings (SSSR count). The maximum atomic E-state index is 12.1. The van der Waals surface area contributed by atoms with Crippen molar-refractivity contribution in [1.82, 2.24) is 20.0 Å². The third kappa shape index (κ3) is 2.59. The van der Waals surface area contributed by atoms with Crippen molar-refractivity contribution >= 4 is 16.9 Å². The van der Waals surface area contributed by atoms with Crippen molar-refractivity contribution in [3.63, 3.8) is 0 Å². The summed E-state index contributed by atoms with van der Waals surface area (Å²) in [6.45, 7) is 4.28. The molecule has 1 aromatic carbocycles. The first-order valence-corrected chi connectivity index (χ1v) is 8.66. The van der Waals surface area contributed by atoms with Gasteiger partial charge in [0, 0.05) is 31.6 Å². The Morgan fingerprint density at radius 3 is 2.83 bits per heavy atom. The molecule has 3 aliphatic rings. The first-order valence-electron chi connectivity index (χ1n) is 8.66. The summed E-state index contributed by atoms with van der Waals surface area (Å²) >= 11 is 0. The van der Waals surface area contributed by atoms with Gasteiger partial charge in [0.15, 0.2) is 0 Å². The van der Waals surface area contributed by atoms with E-state index in [1.165, 1.54) is 33.0 Å². The van der Waals surface area contributed by atoms with Gasteiger partial charge in [0.05, 0.1) is 23.9 Å². The second-order valence-corrected chi connectivity index (χ2v) is 6.89. The number of ether oxygens (including phenoxy) is 1. The maximum Gasteiger partial charge on any atom is 0.338 e. The van der Waals surface area contributed by atoms with Gasteiger partial charge in [-0.3, -0.25) is 4.68 Å². The number of methoxy groups -OCH3 is 1. The maximum absolute atomic E-state index is 12.1. The lowest BCUT2D eigenvalue weighted by atomic mass is 9.84. The minimum atomic E-state index is -0.308. The molecule has 0 amide bonds. The third-order valence-electron chi connectivity index (χ3n) is 5.54. The van der Waals surface area contributed by atoms with Crippen molar-refractivity contribution in [2.75, 3.05) is 26.7 Å². The van der Waals surface area contributed by atoms with Crippen LogP contribution in [0.2, 0.25) is 0 Å². The van der Waals surface area contributed by atoms with Crippen LogP contribution in [0.25, 0.3) is 10.9 Å². The van der Waals surface area contributed by atoms with E-state index in [4.69, 9.17) is 4.74 Å². The highest BCUT2D eigenvalue weighted by molar-refractivity contribution is 6.04. The van der Waals surface area contributed by atoms with Crippen LogP contribution in [0.15, 0.2) is 18.2 Å². The Kier molecular flexibility index (Phi) is 4.02. The smallest absolute Gasteiger partial charge is 0.338 e. The Bertz CT molecular complexity index is 762. The quantitative estimate of drug-likeness (QED) is 0.863. The molecule has 0 saturated carbocycles. The number of carbonyl (C=O) groups is 1. The molecule has 128 valence electrons. The van der Waals surface area contributed by atoms with Gasteiger partial charge in [-0.25, -0.2) is 4.79 Å². The number of fused-ring (bicyclic) bond motifs is 4. The first-order chi connectivity index (χ1) is 11.7. The van der Waals surface area contributed by atoms with Gasteiger partial charge in [0.2, 0.25) is 0 Å². The lowest BCUT2D eigenvalue weighted by Crippen LogP contribution is -2.55. The van der Waals surface area contributed by atoms with Gasteiger partial charge in [-0.2, -0.15) is 5.10 Å². The van der Waals surface area contributed by atoms with E-state index in [1.807, 2.05) is 29.9 Å². The van der Waals surface area contributed by atoms with Crippen LogP contribution in [0.3, 0.4) is 0 Å². The monoisotopic (exact) mass is 328 g/mol. The molecule has 3 saturated heterocycles. The molecule has 1 aromatic heterocycles. The summed E-state index contributed by atoms with van der Waals surface area (Å²) < 4.78 is 6.78. The number of rotatable bonds is 4. The summed E-state index contributed by atoms with van der Waals surface area (Å²) in [7, 11) is 3.34. The molecule has 0 radical (unpaired) electrons. The van der Waals surface area contributed by atoms with Gasteiger partial charge in [0.1, 0.15) is 0 Å². The Morgan fingerprint density at radius 1 is 1.38 bits per heavy atom. The van der Waals surface area contributed by atoms with Crippen LogP contribution in [0.4, 0.5) is 0 Å². The largest absolute Gasteiger partial charge is 0.465 e. The lowest BCUT2D eigenvalue weighted by molar-refractivity contribution is 0.0603. The van der Waals surface area contributed by atoms with Crippen LogP contribution >= 0.6 is 0 Å². The Labute approximate surface area is 141 Å². The van der Waals surface area contributed by atoms with Gasteiger partial charge in [-0.15, -0.1) is 0 Å². The number of aromatic nitrogens is 2. The van der Waals surface area contributed by atoms with Gasteiger partial charge in [-0.1, -0.05) is 6.07 Å². The molecule has 2 bridgehead atoms. The number of piperidine rings is 3. The van der Waals surface area contributed by atoms with E-state index in [0.717, 1.165) is 29.1 Å². The Hall–Kier alpha value is -1.92. The van der Waals surface area contributed by atoms with Crippen LogP contribution in [0.5, 0.6) is 0 Å². The number of nitrogens with zero attached hydrogens (tertiary/aromatic N) is 3. The highest BCUT2D eigenvalue weighted by Crippen LogP contribution is 2.28. The molecule has 4 heterocycles. The molecular weight excluding hydrogens is 304 g/mol. The minimum absolute atomic E-state index is 0.308. The van der Waals surface area contributed by atoms with E-state index in [2.05, 4.69) is 15.3 Å². The second kappa shape index (κ2) is 6.18. The lowest BCUT2D eigenvalue weighted by Gasteiger charge is -2.45. The normalized spacial score (nSPS) is 26.0. The zero-order valence-corrected chi connectivity index (χ0v) is 14.3. The zero-order valence-electron chi connectivity index (χ0n) is 14.3. The predicted octanol–water partition coefficient (Wildman–Crippen LogP) is 1.54. The van der Waals surface area contributed by atoms with Crippen molar-refractivity contribution < 1.29 is 9.53 Å². The minimum Gasteiger partial charge on any atom is -0.465 e. The molecule has 6 heteroatoms. The Morgan fingerprint density at radius 2 is 2.17 bits per heavy atom. The van der Waals surface area contributed by atoms with E-state index in [-0.39, 0.29) is 5.97 Å². The molecule has 0 aliphatic carbocycles. The highest BCUT2D eigenvalue weighted by atomic mass is 16.5. The van der Waals surface area contributed by atoms with E-state index in [1.54, 1.807) is 0 Å². The van der Waals surface area contributed by atoms with Gasteiger partial charge >= 0.3 is 5.97 Å². The second-order valence-electron chi connectivity index (χ2n) is 6.89. The molecule has 2 aromatic rings. The van der Waals surface area contributed by atoms with Crippen molar-refractivity contribution in [3.8, 4) is 0 Å². The number of carbonyl (C=O) groups excluding carboxylic acids is 1. The predicted molar refractivity (Wildman–Crippen MR) is 91.8 cm³/mol. The summed E-state index contributed by atoms with van der Waals surface area (Å²) in [6, 6.07) is 6.20. The summed E-state index contributed by atoms with van der Waals surface area (Å²) in [5, 5.41) is 9.24. The molecule has 1 atom stereocenters. The van der Waals surface area contributed by atoms with Crippen LogP contribution in [0.1, 0.15) is 28.9 Å². The van der Waals surface area contributed by atoms with Crippen LogP contribution in [-0.4, -0.2) is 53.4 Å². The molecule has 6 nitrogen and oxygen atoms in total. The number of hydrogen-bond donors (Lipinski definition) is 1. The molecule has 3 aliphatic heterocycles. The fourth-order valence-corrected chi connectivity index (χ4v) is 4.23. The average molecular weight is 328 g/mol. The number of esters is 1. The van der Waals surface area contributed by atoms with Crippen molar-refractivity contribution in [1.29, 1.82) is 0 Å². The summed E-state index contributed by atoms with van der Waals surface area (Å²) in [4.78, 5) is 14.6. The summed E-state index contributed by atoms with van der Waals surface area (Å²) in [6.07, 6.45) is 2.57. The van der Waals surface area contributed by atoms with Crippen molar-refractivity contribution in [2.45, 2.75) is 25.4 Å². The molecule has 3 fully saturated rings. The standard InChI is InChI=1S/C18H24N4O2/c1-21-16-5-3-4-13(18(23)24-2)17(16)14(20-21)10-19-15-11-22-8-6-12(15)7-9-22/h3-5,12,15,19H,6-11H2,1-2H3/t15-/m0/s1. The molecule has 0 unspecified atom stereocenters. The van der Waals surface area contributed by atoms with E-state index < -0.39 is 0 Å². The molecule has 0 spiro atoms. The van der Waals surface area contributed by atoms with E-state index >= 15 is 0 Å². The molecule has 1 N–H and O–H groups in total. The zero-order chi connectivity index (χ0) is 16.7. The van der Waals surface area contributed by atoms with Crippen LogP contribution in [-0.2, 0) is 18.3 Å². The van der Waals surface area contributed by atoms with Crippen LogP contribution in [0, 0.1) is 5.92 Å². The number of hydrogen-bond acceptors (Lipinski definition) is 5. The fraction of sp³-hybridized carbons (Fsp3) is 0.556. The third-order valence-corrected chi connectivity index (χ3v) is 5.54. The van der Waals surface area contributed by atoms with E-state index in [9.17, 15) is 4.79 Å². The van der Waals surface area contributed by atoms with Crippen molar-refractivity contribution in [2.24, 2.45) is 13.0 Å². The number of aryl methyl sites for hydroxylation is 1. The average Bonchev–Trinajstić information content (AvgIpc) is 2.96. The topological polar surface area (TPSA) is 59.4 Å². The van der Waals surface area contributed by atoms with Crippen molar-refractivity contribution in [3.05, 3.63) is 29.5 Å².